The summed E-state index contributed by atoms with van der Waals surface area (Å²) in [7, 11) is 1.56. The van der Waals surface area contributed by atoms with Crippen LogP contribution in [0.25, 0.3) is 0 Å². The zero-order chi connectivity index (χ0) is 16.0. The van der Waals surface area contributed by atoms with Crippen molar-refractivity contribution in [3.05, 3.63) is 29.8 Å². The van der Waals surface area contributed by atoms with Gasteiger partial charge in [-0.15, -0.1) is 0 Å². The van der Waals surface area contributed by atoms with Gasteiger partial charge in [-0.05, 0) is 31.2 Å². The summed E-state index contributed by atoms with van der Waals surface area (Å²) in [5.41, 5.74) is 3.10. The summed E-state index contributed by atoms with van der Waals surface area (Å²) in [4.78, 5) is 23.7. The SMILES string of the molecule is COc1ccc(C(=O)N/N=C(\C)CC(=O)C(C)(C)C)cc1. The van der Waals surface area contributed by atoms with E-state index in [1.165, 1.54) is 0 Å². The zero-order valence-corrected chi connectivity index (χ0v) is 13.2. The highest BCUT2D eigenvalue weighted by Crippen LogP contribution is 2.16. The van der Waals surface area contributed by atoms with E-state index in [2.05, 4.69) is 10.5 Å². The first-order chi connectivity index (χ1) is 9.74. The molecule has 0 radical (unpaired) electrons. The van der Waals surface area contributed by atoms with Crippen molar-refractivity contribution in [2.75, 3.05) is 7.11 Å². The molecule has 114 valence electrons. The molecule has 1 aromatic rings. The van der Waals surface area contributed by atoms with Crippen LogP contribution in [0, 0.1) is 5.41 Å². The molecule has 5 nitrogen and oxygen atoms in total. The van der Waals surface area contributed by atoms with Gasteiger partial charge in [0.25, 0.3) is 5.91 Å². The summed E-state index contributed by atoms with van der Waals surface area (Å²) in [6.07, 6.45) is 0.229. The monoisotopic (exact) mass is 290 g/mol. The van der Waals surface area contributed by atoms with E-state index in [4.69, 9.17) is 4.74 Å². The third-order valence-corrected chi connectivity index (χ3v) is 2.95. The molecule has 0 aliphatic heterocycles. The molecule has 0 fully saturated rings. The predicted molar refractivity (Wildman–Crippen MR) is 82.6 cm³/mol. The predicted octanol–water partition coefficient (Wildman–Crippen LogP) is 2.81. The first-order valence-electron chi connectivity index (χ1n) is 6.75. The van der Waals surface area contributed by atoms with Gasteiger partial charge in [0, 0.05) is 23.1 Å². The molecule has 0 aromatic heterocycles. The van der Waals surface area contributed by atoms with Crippen molar-refractivity contribution in [3.8, 4) is 5.75 Å². The van der Waals surface area contributed by atoms with Crippen molar-refractivity contribution in [2.24, 2.45) is 10.5 Å². The van der Waals surface area contributed by atoms with E-state index in [9.17, 15) is 9.59 Å². The molecule has 5 heteroatoms. The number of carbonyl (C=O) groups is 2. The van der Waals surface area contributed by atoms with Gasteiger partial charge in [-0.2, -0.15) is 5.10 Å². The maximum atomic E-state index is 11.9. The lowest BCUT2D eigenvalue weighted by molar-refractivity contribution is -0.125. The lowest BCUT2D eigenvalue weighted by Gasteiger charge is -2.16. The molecule has 0 saturated carbocycles. The molecule has 0 saturated heterocycles. The number of benzene rings is 1. The quantitative estimate of drug-likeness (QED) is 0.669. The van der Waals surface area contributed by atoms with Crippen LogP contribution in [0.15, 0.2) is 29.4 Å². The number of hydrazone groups is 1. The van der Waals surface area contributed by atoms with Crippen molar-refractivity contribution >= 4 is 17.4 Å². The number of ketones is 1. The van der Waals surface area contributed by atoms with E-state index >= 15 is 0 Å². The number of Topliss-reactive ketones (excluding diaryl/α,β-unsaturated/α-hetero) is 1. The van der Waals surface area contributed by atoms with Crippen molar-refractivity contribution in [1.82, 2.24) is 5.43 Å². The number of rotatable bonds is 5. The standard InChI is InChI=1S/C16H22N2O3/c1-11(10-14(19)16(2,3)4)17-18-15(20)12-6-8-13(21-5)9-7-12/h6-9H,10H2,1-5H3,(H,18,20)/b17-11+. The highest BCUT2D eigenvalue weighted by molar-refractivity contribution is 6.03. The Kier molecular flexibility index (Phi) is 5.64. The zero-order valence-electron chi connectivity index (χ0n) is 13.2. The van der Waals surface area contributed by atoms with E-state index in [0.29, 0.717) is 17.0 Å². The van der Waals surface area contributed by atoms with Gasteiger partial charge in [-0.3, -0.25) is 9.59 Å². The van der Waals surface area contributed by atoms with Crippen LogP contribution in [0.4, 0.5) is 0 Å². The van der Waals surface area contributed by atoms with E-state index in [-0.39, 0.29) is 18.1 Å². The Morgan fingerprint density at radius 2 is 1.76 bits per heavy atom. The molecule has 0 aliphatic carbocycles. The fraction of sp³-hybridized carbons (Fsp3) is 0.438. The van der Waals surface area contributed by atoms with Gasteiger partial charge in [0.1, 0.15) is 11.5 Å². The van der Waals surface area contributed by atoms with E-state index in [0.717, 1.165) is 0 Å². The van der Waals surface area contributed by atoms with E-state index in [1.54, 1.807) is 38.3 Å². The second-order valence-electron chi connectivity index (χ2n) is 5.87. The van der Waals surface area contributed by atoms with Gasteiger partial charge >= 0.3 is 0 Å². The van der Waals surface area contributed by atoms with Gasteiger partial charge in [0.05, 0.1) is 7.11 Å². The molecule has 1 aromatic carbocycles. The summed E-state index contributed by atoms with van der Waals surface area (Å²) in [5, 5.41) is 3.96. The molecule has 0 bridgehead atoms. The maximum Gasteiger partial charge on any atom is 0.271 e. The number of carbonyl (C=O) groups excluding carboxylic acids is 2. The molecule has 21 heavy (non-hydrogen) atoms. The Hall–Kier alpha value is -2.17. The Labute approximate surface area is 125 Å². The molecule has 0 spiro atoms. The second-order valence-corrected chi connectivity index (χ2v) is 5.87. The Morgan fingerprint density at radius 3 is 2.24 bits per heavy atom. The smallest absolute Gasteiger partial charge is 0.271 e. The number of ether oxygens (including phenoxy) is 1. The Morgan fingerprint density at radius 1 is 1.19 bits per heavy atom. The van der Waals surface area contributed by atoms with Crippen LogP contribution >= 0.6 is 0 Å². The van der Waals surface area contributed by atoms with Gasteiger partial charge in [-0.1, -0.05) is 20.8 Å². The molecular weight excluding hydrogens is 268 g/mol. The molecule has 0 aliphatic rings. The minimum Gasteiger partial charge on any atom is -0.497 e. The number of hydrogen-bond acceptors (Lipinski definition) is 4. The first kappa shape index (κ1) is 16.9. The summed E-state index contributed by atoms with van der Waals surface area (Å²) in [5.74, 6) is 0.449. The third-order valence-electron chi connectivity index (χ3n) is 2.95. The first-order valence-corrected chi connectivity index (χ1v) is 6.75. The molecule has 1 amide bonds. The highest BCUT2D eigenvalue weighted by Gasteiger charge is 2.21. The lowest BCUT2D eigenvalue weighted by Crippen LogP contribution is -2.24. The Balaban J connectivity index is 2.62. The van der Waals surface area contributed by atoms with Gasteiger partial charge in [0.2, 0.25) is 0 Å². The average molecular weight is 290 g/mol. The van der Waals surface area contributed by atoms with Gasteiger partial charge in [0.15, 0.2) is 0 Å². The van der Waals surface area contributed by atoms with Crippen LogP contribution in [0.3, 0.4) is 0 Å². The summed E-state index contributed by atoms with van der Waals surface area (Å²) < 4.78 is 5.03. The van der Waals surface area contributed by atoms with E-state index < -0.39 is 5.41 Å². The number of hydrogen-bond donors (Lipinski definition) is 1. The summed E-state index contributed by atoms with van der Waals surface area (Å²) in [6.45, 7) is 7.30. The highest BCUT2D eigenvalue weighted by atomic mass is 16.5. The molecule has 0 unspecified atom stereocenters. The molecule has 0 heterocycles. The topological polar surface area (TPSA) is 67.8 Å². The molecule has 0 atom stereocenters. The van der Waals surface area contributed by atoms with Crippen molar-refractivity contribution in [2.45, 2.75) is 34.1 Å². The van der Waals surface area contributed by atoms with Crippen molar-refractivity contribution in [1.29, 1.82) is 0 Å². The fourth-order valence-electron chi connectivity index (χ4n) is 1.49. The second kappa shape index (κ2) is 7.02. The number of nitrogens with zero attached hydrogens (tertiary/aromatic N) is 1. The lowest BCUT2D eigenvalue weighted by atomic mass is 9.88. The molecule has 1 N–H and O–H groups in total. The van der Waals surface area contributed by atoms with Crippen LogP contribution in [0.1, 0.15) is 44.5 Å². The molecular formula is C16H22N2O3. The van der Waals surface area contributed by atoms with Crippen molar-refractivity contribution < 1.29 is 14.3 Å². The summed E-state index contributed by atoms with van der Waals surface area (Å²) in [6, 6.07) is 6.71. The van der Waals surface area contributed by atoms with Gasteiger partial charge < -0.3 is 4.74 Å². The summed E-state index contributed by atoms with van der Waals surface area (Å²) >= 11 is 0. The largest absolute Gasteiger partial charge is 0.497 e. The minimum atomic E-state index is -0.406. The van der Waals surface area contributed by atoms with Crippen LogP contribution in [0.2, 0.25) is 0 Å². The number of amides is 1. The Bertz CT molecular complexity index is 540. The van der Waals surface area contributed by atoms with Gasteiger partial charge in [-0.25, -0.2) is 5.43 Å². The normalized spacial score (nSPS) is 12.0. The van der Waals surface area contributed by atoms with Crippen LogP contribution < -0.4 is 10.2 Å². The van der Waals surface area contributed by atoms with Crippen LogP contribution in [0.5, 0.6) is 5.75 Å². The minimum absolute atomic E-state index is 0.0856. The van der Waals surface area contributed by atoms with Crippen molar-refractivity contribution in [3.63, 3.8) is 0 Å². The van der Waals surface area contributed by atoms with Crippen LogP contribution in [-0.4, -0.2) is 24.5 Å². The van der Waals surface area contributed by atoms with Crippen LogP contribution in [-0.2, 0) is 4.79 Å². The number of methoxy groups -OCH3 is 1. The maximum absolute atomic E-state index is 11.9. The fourth-order valence-corrected chi connectivity index (χ4v) is 1.49. The third kappa shape index (κ3) is 5.38. The van der Waals surface area contributed by atoms with E-state index in [1.807, 2.05) is 20.8 Å². The molecule has 1 rings (SSSR count). The average Bonchev–Trinajstić information content (AvgIpc) is 2.43. The number of nitrogens with one attached hydrogen (secondary N) is 1.